The van der Waals surface area contributed by atoms with Crippen molar-refractivity contribution in [2.45, 2.75) is 19.8 Å². The smallest absolute Gasteiger partial charge is 0.321 e. The summed E-state index contributed by atoms with van der Waals surface area (Å²) in [4.78, 5) is 11.7. The lowest BCUT2D eigenvalue weighted by atomic mass is 10.1. The first-order valence-electron chi connectivity index (χ1n) is 7.19. The number of amides is 2. The van der Waals surface area contributed by atoms with Crippen LogP contribution in [0.3, 0.4) is 0 Å². The third kappa shape index (κ3) is 5.30. The largest absolute Gasteiger partial charge is 0.473 e. The zero-order valence-electron chi connectivity index (χ0n) is 12.4. The first-order chi connectivity index (χ1) is 10.7. The molecule has 2 rings (SSSR count). The van der Waals surface area contributed by atoms with Gasteiger partial charge in [0.2, 0.25) is 0 Å². The Balaban J connectivity index is 1.74. The van der Waals surface area contributed by atoms with Gasteiger partial charge in [0.25, 0.3) is 0 Å². The van der Waals surface area contributed by atoms with Crippen LogP contribution in [0.25, 0.3) is 0 Å². The number of urea groups is 1. The van der Waals surface area contributed by atoms with Gasteiger partial charge in [0, 0.05) is 10.7 Å². The Kier molecular flexibility index (Phi) is 6.10. The molecule has 2 aromatic rings. The van der Waals surface area contributed by atoms with Gasteiger partial charge in [0.1, 0.15) is 5.75 Å². The van der Waals surface area contributed by atoms with Gasteiger partial charge in [-0.05, 0) is 42.3 Å². The van der Waals surface area contributed by atoms with E-state index in [-0.39, 0.29) is 12.8 Å². The molecule has 0 unspecified atom stereocenters. The zero-order valence-corrected chi connectivity index (χ0v) is 13.2. The quantitative estimate of drug-likeness (QED) is 0.773. The molecule has 0 bridgehead atoms. The SMILES string of the molecule is CCCc1ccc(OCNC(=O)Nc2cccc(Cl)c2)cc1. The molecule has 0 aliphatic carbocycles. The maximum Gasteiger partial charge on any atom is 0.321 e. The molecule has 2 aromatic carbocycles. The second-order valence-corrected chi connectivity index (χ2v) is 5.26. The fourth-order valence-electron chi connectivity index (χ4n) is 1.97. The van der Waals surface area contributed by atoms with Crippen molar-refractivity contribution >= 4 is 23.3 Å². The maximum atomic E-state index is 11.7. The minimum Gasteiger partial charge on any atom is -0.473 e. The molecule has 0 aromatic heterocycles. The first-order valence-corrected chi connectivity index (χ1v) is 7.57. The van der Waals surface area contributed by atoms with Gasteiger partial charge in [-0.2, -0.15) is 0 Å². The predicted molar refractivity (Wildman–Crippen MR) is 89.5 cm³/mol. The highest BCUT2D eigenvalue weighted by Crippen LogP contribution is 2.15. The molecule has 0 atom stereocenters. The molecule has 4 nitrogen and oxygen atoms in total. The minimum absolute atomic E-state index is 0.0967. The van der Waals surface area contributed by atoms with E-state index in [1.807, 2.05) is 24.3 Å². The van der Waals surface area contributed by atoms with E-state index in [0.717, 1.165) is 18.6 Å². The normalized spacial score (nSPS) is 10.1. The number of hydrogen-bond donors (Lipinski definition) is 2. The van der Waals surface area contributed by atoms with Crippen LogP contribution in [-0.2, 0) is 6.42 Å². The average Bonchev–Trinajstić information content (AvgIpc) is 2.49. The van der Waals surface area contributed by atoms with E-state index in [9.17, 15) is 4.79 Å². The Morgan fingerprint density at radius 2 is 1.95 bits per heavy atom. The Morgan fingerprint density at radius 1 is 1.18 bits per heavy atom. The summed E-state index contributed by atoms with van der Waals surface area (Å²) >= 11 is 5.85. The number of anilines is 1. The molecule has 116 valence electrons. The van der Waals surface area contributed by atoms with Gasteiger partial charge in [-0.1, -0.05) is 43.1 Å². The van der Waals surface area contributed by atoms with Crippen molar-refractivity contribution in [1.82, 2.24) is 5.32 Å². The lowest BCUT2D eigenvalue weighted by Crippen LogP contribution is -2.31. The number of hydrogen-bond acceptors (Lipinski definition) is 2. The van der Waals surface area contributed by atoms with Gasteiger partial charge in [0.05, 0.1) is 0 Å². The van der Waals surface area contributed by atoms with Crippen molar-refractivity contribution in [3.8, 4) is 5.75 Å². The van der Waals surface area contributed by atoms with E-state index >= 15 is 0 Å². The number of nitrogens with one attached hydrogen (secondary N) is 2. The van der Waals surface area contributed by atoms with Crippen molar-refractivity contribution in [3.05, 3.63) is 59.1 Å². The molecule has 22 heavy (non-hydrogen) atoms. The van der Waals surface area contributed by atoms with Crippen LogP contribution >= 0.6 is 11.6 Å². The van der Waals surface area contributed by atoms with Crippen LogP contribution in [0.4, 0.5) is 10.5 Å². The van der Waals surface area contributed by atoms with E-state index < -0.39 is 0 Å². The van der Waals surface area contributed by atoms with Crippen LogP contribution in [-0.4, -0.2) is 12.8 Å². The topological polar surface area (TPSA) is 50.4 Å². The van der Waals surface area contributed by atoms with Crippen molar-refractivity contribution in [3.63, 3.8) is 0 Å². The van der Waals surface area contributed by atoms with Gasteiger partial charge < -0.3 is 15.4 Å². The van der Waals surface area contributed by atoms with Gasteiger partial charge in [-0.15, -0.1) is 0 Å². The number of aryl methyl sites for hydroxylation is 1. The monoisotopic (exact) mass is 318 g/mol. The number of carbonyl (C=O) groups is 1. The Bertz CT molecular complexity index is 614. The van der Waals surface area contributed by atoms with E-state index in [0.29, 0.717) is 10.7 Å². The molecule has 2 amide bonds. The van der Waals surface area contributed by atoms with Crippen molar-refractivity contribution in [2.75, 3.05) is 12.0 Å². The van der Waals surface area contributed by atoms with Crippen LogP contribution in [0.1, 0.15) is 18.9 Å². The lowest BCUT2D eigenvalue weighted by molar-refractivity contribution is 0.234. The fraction of sp³-hybridized carbons (Fsp3) is 0.235. The summed E-state index contributed by atoms with van der Waals surface area (Å²) in [5.41, 5.74) is 1.91. The van der Waals surface area contributed by atoms with Crippen LogP contribution in [0.5, 0.6) is 5.75 Å². The van der Waals surface area contributed by atoms with Crippen molar-refractivity contribution in [2.24, 2.45) is 0 Å². The molecule has 2 N–H and O–H groups in total. The van der Waals surface area contributed by atoms with Gasteiger partial charge in [-0.25, -0.2) is 4.79 Å². The number of ether oxygens (including phenoxy) is 1. The van der Waals surface area contributed by atoms with Gasteiger partial charge in [-0.3, -0.25) is 0 Å². The molecule has 0 radical (unpaired) electrons. The lowest BCUT2D eigenvalue weighted by Gasteiger charge is -2.10. The summed E-state index contributed by atoms with van der Waals surface area (Å²) in [6.07, 6.45) is 2.17. The van der Waals surface area contributed by atoms with Crippen LogP contribution in [0.15, 0.2) is 48.5 Å². The Hall–Kier alpha value is -2.20. The number of benzene rings is 2. The van der Waals surface area contributed by atoms with E-state index in [4.69, 9.17) is 16.3 Å². The van der Waals surface area contributed by atoms with Crippen LogP contribution in [0.2, 0.25) is 5.02 Å². The molecule has 0 saturated heterocycles. The van der Waals surface area contributed by atoms with E-state index in [1.54, 1.807) is 24.3 Å². The van der Waals surface area contributed by atoms with E-state index in [2.05, 4.69) is 17.6 Å². The Morgan fingerprint density at radius 3 is 2.64 bits per heavy atom. The fourth-order valence-corrected chi connectivity index (χ4v) is 2.16. The number of carbonyl (C=O) groups excluding carboxylic acids is 1. The Labute approximate surface area is 135 Å². The molecular formula is C17H19ClN2O2. The summed E-state index contributed by atoms with van der Waals surface area (Å²) in [6.45, 7) is 2.24. The second kappa shape index (κ2) is 8.29. The summed E-state index contributed by atoms with van der Waals surface area (Å²) < 4.78 is 5.47. The minimum atomic E-state index is -0.343. The molecule has 5 heteroatoms. The number of rotatable bonds is 6. The second-order valence-electron chi connectivity index (χ2n) is 4.82. The summed E-state index contributed by atoms with van der Waals surface area (Å²) in [6, 6.07) is 14.5. The molecule has 0 aliphatic rings. The highest BCUT2D eigenvalue weighted by Gasteiger charge is 2.02. The molecule has 0 saturated carbocycles. The summed E-state index contributed by atoms with van der Waals surface area (Å²) in [5.74, 6) is 0.725. The molecule has 0 heterocycles. The highest BCUT2D eigenvalue weighted by molar-refractivity contribution is 6.30. The zero-order chi connectivity index (χ0) is 15.8. The predicted octanol–water partition coefficient (Wildman–Crippen LogP) is 4.45. The molecular weight excluding hydrogens is 300 g/mol. The maximum absolute atomic E-state index is 11.7. The average molecular weight is 319 g/mol. The first kappa shape index (κ1) is 16.2. The highest BCUT2D eigenvalue weighted by atomic mass is 35.5. The van der Waals surface area contributed by atoms with Crippen molar-refractivity contribution < 1.29 is 9.53 Å². The van der Waals surface area contributed by atoms with E-state index in [1.165, 1.54) is 5.56 Å². The molecule has 0 spiro atoms. The number of halogens is 1. The van der Waals surface area contributed by atoms with Crippen LogP contribution < -0.4 is 15.4 Å². The summed E-state index contributed by atoms with van der Waals surface area (Å²) in [5, 5.41) is 5.87. The van der Waals surface area contributed by atoms with Crippen LogP contribution in [0, 0.1) is 0 Å². The third-order valence-electron chi connectivity index (χ3n) is 3.02. The summed E-state index contributed by atoms with van der Waals surface area (Å²) in [7, 11) is 0. The molecule has 0 aliphatic heterocycles. The van der Waals surface area contributed by atoms with Gasteiger partial charge >= 0.3 is 6.03 Å². The molecule has 0 fully saturated rings. The third-order valence-corrected chi connectivity index (χ3v) is 3.25. The standard InChI is InChI=1S/C17H19ClN2O2/c1-2-4-13-7-9-16(10-8-13)22-12-19-17(21)20-15-6-3-5-14(18)11-15/h3,5-11H,2,4,12H2,1H3,(H2,19,20,21). The van der Waals surface area contributed by atoms with Gasteiger partial charge in [0.15, 0.2) is 6.73 Å². The van der Waals surface area contributed by atoms with Crippen molar-refractivity contribution in [1.29, 1.82) is 0 Å².